The van der Waals surface area contributed by atoms with Gasteiger partial charge in [-0.1, -0.05) is 17.7 Å². The Bertz CT molecular complexity index is 1170. The number of amides is 1. The van der Waals surface area contributed by atoms with Crippen molar-refractivity contribution in [3.63, 3.8) is 0 Å². The second-order valence-corrected chi connectivity index (χ2v) is 8.55. The van der Waals surface area contributed by atoms with Gasteiger partial charge in [0.25, 0.3) is 0 Å². The Morgan fingerprint density at radius 2 is 2.00 bits per heavy atom. The summed E-state index contributed by atoms with van der Waals surface area (Å²) >= 11 is 5.91. The van der Waals surface area contributed by atoms with E-state index in [2.05, 4.69) is 20.6 Å². The second kappa shape index (κ2) is 10.8. The minimum atomic E-state index is -0.562. The van der Waals surface area contributed by atoms with E-state index in [9.17, 15) is 9.18 Å². The molecule has 4 N–H and O–H groups in total. The number of ether oxygens (including phenoxy) is 2. The van der Waals surface area contributed by atoms with E-state index in [-0.39, 0.29) is 28.6 Å². The van der Waals surface area contributed by atoms with Crippen LogP contribution in [0, 0.1) is 11.7 Å². The molecule has 4 rings (SSSR count). The summed E-state index contributed by atoms with van der Waals surface area (Å²) in [5.74, 6) is 0.950. The largest absolute Gasteiger partial charge is 0.493 e. The normalized spacial score (nSPS) is 17.9. The van der Waals surface area contributed by atoms with Gasteiger partial charge in [0, 0.05) is 30.5 Å². The van der Waals surface area contributed by atoms with E-state index in [1.807, 2.05) is 0 Å². The van der Waals surface area contributed by atoms with Gasteiger partial charge in [-0.25, -0.2) is 14.4 Å². The lowest BCUT2D eigenvalue weighted by atomic mass is 9.86. The third-order valence-corrected chi connectivity index (χ3v) is 6.20. The number of rotatable bonds is 8. The summed E-state index contributed by atoms with van der Waals surface area (Å²) in [4.78, 5) is 20.8. The summed E-state index contributed by atoms with van der Waals surface area (Å²) in [6.45, 7) is 0.914. The molecule has 180 valence electrons. The van der Waals surface area contributed by atoms with Crippen molar-refractivity contribution >= 4 is 39.9 Å². The van der Waals surface area contributed by atoms with Gasteiger partial charge >= 0.3 is 0 Å². The van der Waals surface area contributed by atoms with Crippen LogP contribution in [-0.2, 0) is 4.79 Å². The standard InChI is InChI=1S/C24H27ClFN5O3/c1-33-20-12-19-16(23(30-13-29-19)31-18-4-2-3-17(25)22(18)26)11-21(20)34-15-7-5-14(6-8-15)24(32)28-10-9-27/h2-4,11-15H,5-10,27H2,1H3,(H,28,32)(H,29,30,31)/t14-,15+. The highest BCUT2D eigenvalue weighted by Crippen LogP contribution is 2.38. The molecule has 0 aliphatic heterocycles. The van der Waals surface area contributed by atoms with Gasteiger partial charge in [-0.05, 0) is 43.9 Å². The summed E-state index contributed by atoms with van der Waals surface area (Å²) < 4.78 is 26.3. The molecule has 0 bridgehead atoms. The molecule has 1 aromatic heterocycles. The minimum absolute atomic E-state index is 0.0152. The van der Waals surface area contributed by atoms with E-state index in [1.165, 1.54) is 12.4 Å². The number of methoxy groups -OCH3 is 1. The number of aromatic nitrogens is 2. The molecule has 2 aromatic carbocycles. The molecule has 0 saturated heterocycles. The Hall–Kier alpha value is -3.17. The molecule has 1 fully saturated rings. The highest BCUT2D eigenvalue weighted by Gasteiger charge is 2.28. The van der Waals surface area contributed by atoms with E-state index in [4.69, 9.17) is 26.8 Å². The molecule has 0 radical (unpaired) electrons. The lowest BCUT2D eigenvalue weighted by molar-refractivity contribution is -0.126. The number of carbonyl (C=O) groups is 1. The molecule has 1 saturated carbocycles. The average Bonchev–Trinajstić information content (AvgIpc) is 2.85. The van der Waals surface area contributed by atoms with Crippen molar-refractivity contribution in [1.29, 1.82) is 0 Å². The van der Waals surface area contributed by atoms with Crippen LogP contribution in [0.3, 0.4) is 0 Å². The predicted molar refractivity (Wildman–Crippen MR) is 129 cm³/mol. The van der Waals surface area contributed by atoms with Crippen LogP contribution in [0.2, 0.25) is 5.02 Å². The summed E-state index contributed by atoms with van der Waals surface area (Å²) in [6.07, 6.45) is 4.29. The van der Waals surface area contributed by atoms with Crippen molar-refractivity contribution in [3.8, 4) is 11.5 Å². The molecule has 0 unspecified atom stereocenters. The molecular formula is C24H27ClFN5O3. The monoisotopic (exact) mass is 487 g/mol. The van der Waals surface area contributed by atoms with Gasteiger partial charge in [0.2, 0.25) is 5.91 Å². The van der Waals surface area contributed by atoms with E-state index in [0.29, 0.717) is 41.3 Å². The highest BCUT2D eigenvalue weighted by molar-refractivity contribution is 6.31. The molecule has 1 amide bonds. The predicted octanol–water partition coefficient (Wildman–Crippen LogP) is 4.19. The van der Waals surface area contributed by atoms with Crippen molar-refractivity contribution in [3.05, 3.63) is 47.5 Å². The number of anilines is 2. The molecular weight excluding hydrogens is 461 g/mol. The zero-order chi connectivity index (χ0) is 24.1. The maximum Gasteiger partial charge on any atom is 0.223 e. The van der Waals surface area contributed by atoms with Crippen molar-refractivity contribution in [2.45, 2.75) is 31.8 Å². The Labute approximate surface area is 202 Å². The van der Waals surface area contributed by atoms with Crippen LogP contribution in [0.1, 0.15) is 25.7 Å². The number of nitrogens with zero attached hydrogens (tertiary/aromatic N) is 2. The summed E-state index contributed by atoms with van der Waals surface area (Å²) in [7, 11) is 1.56. The van der Waals surface area contributed by atoms with Gasteiger partial charge in [0.1, 0.15) is 12.1 Å². The molecule has 1 aliphatic carbocycles. The lowest BCUT2D eigenvalue weighted by Gasteiger charge is -2.29. The van der Waals surface area contributed by atoms with Crippen LogP contribution in [0.5, 0.6) is 11.5 Å². The molecule has 0 spiro atoms. The van der Waals surface area contributed by atoms with Gasteiger partial charge in [0.15, 0.2) is 17.3 Å². The quantitative estimate of drug-likeness (QED) is 0.437. The molecule has 3 aromatic rings. The van der Waals surface area contributed by atoms with E-state index >= 15 is 0 Å². The number of fused-ring (bicyclic) bond motifs is 1. The van der Waals surface area contributed by atoms with Gasteiger partial charge < -0.3 is 25.8 Å². The number of carbonyl (C=O) groups excluding carboxylic acids is 1. The fourth-order valence-corrected chi connectivity index (χ4v) is 4.28. The van der Waals surface area contributed by atoms with Crippen molar-refractivity contribution in [2.24, 2.45) is 11.7 Å². The van der Waals surface area contributed by atoms with E-state index in [0.717, 1.165) is 25.7 Å². The van der Waals surface area contributed by atoms with Gasteiger partial charge in [-0.15, -0.1) is 0 Å². The maximum absolute atomic E-state index is 14.4. The molecule has 10 heteroatoms. The van der Waals surface area contributed by atoms with E-state index in [1.54, 1.807) is 31.4 Å². The fraction of sp³-hybridized carbons (Fsp3) is 0.375. The summed E-state index contributed by atoms with van der Waals surface area (Å²) in [6, 6.07) is 8.27. The number of nitrogens with one attached hydrogen (secondary N) is 2. The zero-order valence-electron chi connectivity index (χ0n) is 18.8. The summed E-state index contributed by atoms with van der Waals surface area (Å²) in [5, 5.41) is 6.52. The molecule has 34 heavy (non-hydrogen) atoms. The van der Waals surface area contributed by atoms with Crippen LogP contribution in [0.15, 0.2) is 36.7 Å². The van der Waals surface area contributed by atoms with E-state index < -0.39 is 5.82 Å². The van der Waals surface area contributed by atoms with Crippen LogP contribution in [-0.4, -0.2) is 42.2 Å². The smallest absolute Gasteiger partial charge is 0.223 e. The second-order valence-electron chi connectivity index (χ2n) is 8.14. The van der Waals surface area contributed by atoms with Crippen LogP contribution in [0.4, 0.5) is 15.9 Å². The Morgan fingerprint density at radius 3 is 2.74 bits per heavy atom. The van der Waals surface area contributed by atoms with Crippen molar-refractivity contribution in [2.75, 3.05) is 25.5 Å². The minimum Gasteiger partial charge on any atom is -0.493 e. The Morgan fingerprint density at radius 1 is 1.21 bits per heavy atom. The SMILES string of the molecule is COc1cc2ncnc(Nc3cccc(Cl)c3F)c2cc1O[C@H]1CC[C@@H](C(=O)NCCN)CC1. The first-order valence-electron chi connectivity index (χ1n) is 11.2. The first kappa shape index (κ1) is 24.0. The first-order valence-corrected chi connectivity index (χ1v) is 11.6. The van der Waals surface area contributed by atoms with Gasteiger partial charge in [-0.2, -0.15) is 0 Å². The molecule has 8 nitrogen and oxygen atoms in total. The fourth-order valence-electron chi connectivity index (χ4n) is 4.11. The number of benzene rings is 2. The first-order chi connectivity index (χ1) is 16.5. The van der Waals surface area contributed by atoms with Gasteiger partial charge in [-0.3, -0.25) is 4.79 Å². The number of nitrogens with two attached hydrogens (primary N) is 1. The number of halogens is 2. The average molecular weight is 488 g/mol. The third-order valence-electron chi connectivity index (χ3n) is 5.91. The number of hydrogen-bond donors (Lipinski definition) is 3. The van der Waals surface area contributed by atoms with Gasteiger partial charge in [0.05, 0.1) is 29.4 Å². The highest BCUT2D eigenvalue weighted by atomic mass is 35.5. The van der Waals surface area contributed by atoms with Crippen molar-refractivity contribution in [1.82, 2.24) is 15.3 Å². The zero-order valence-corrected chi connectivity index (χ0v) is 19.6. The number of hydrogen-bond acceptors (Lipinski definition) is 7. The molecule has 1 aliphatic rings. The topological polar surface area (TPSA) is 111 Å². The lowest BCUT2D eigenvalue weighted by Crippen LogP contribution is -2.37. The Balaban J connectivity index is 1.54. The Kier molecular flexibility index (Phi) is 7.64. The third kappa shape index (κ3) is 5.31. The maximum atomic E-state index is 14.4. The van der Waals surface area contributed by atoms with Crippen LogP contribution < -0.4 is 25.8 Å². The van der Waals surface area contributed by atoms with Crippen LogP contribution in [0.25, 0.3) is 10.9 Å². The summed E-state index contributed by atoms with van der Waals surface area (Å²) in [5.41, 5.74) is 6.29. The molecule has 0 atom stereocenters. The van der Waals surface area contributed by atoms with Crippen LogP contribution >= 0.6 is 11.6 Å². The molecule has 1 heterocycles. The van der Waals surface area contributed by atoms with Crippen molar-refractivity contribution < 1.29 is 18.7 Å².